The molecule has 0 aromatic heterocycles. The zero-order chi connectivity index (χ0) is 7.49. The van der Waals surface area contributed by atoms with Gasteiger partial charge < -0.3 is 0 Å². The van der Waals surface area contributed by atoms with Crippen molar-refractivity contribution < 1.29 is 9.39 Å². The number of quaternary nitrogens is 1. The summed E-state index contributed by atoms with van der Waals surface area (Å²) in [6.07, 6.45) is 0.722. The molecule has 0 aromatic rings. The maximum Gasteiger partial charge on any atom is 0.252 e. The monoisotopic (exact) mass is 131 g/mol. The fraction of sp³-hybridized carbons (Fsp3) is 0.833. The molecule has 1 amide bonds. The Hall–Kier alpha value is -0.570. The van der Waals surface area contributed by atoms with Gasteiger partial charge in [-0.05, 0) is 13.8 Å². The third kappa shape index (κ3) is 2.46. The highest BCUT2D eigenvalue weighted by molar-refractivity contribution is 5.43. The predicted molar refractivity (Wildman–Crippen MR) is 36.4 cm³/mol. The van der Waals surface area contributed by atoms with Crippen molar-refractivity contribution in [1.82, 2.24) is 5.43 Å². The molecule has 0 unspecified atom stereocenters. The average molecular weight is 131 g/mol. The van der Waals surface area contributed by atoms with Gasteiger partial charge in [0.05, 0.1) is 14.1 Å². The lowest BCUT2D eigenvalue weighted by Crippen LogP contribution is -2.55. The van der Waals surface area contributed by atoms with Crippen LogP contribution >= 0.6 is 0 Å². The molecule has 0 spiro atoms. The van der Waals surface area contributed by atoms with Crippen molar-refractivity contribution in [3.05, 3.63) is 0 Å². The number of rotatable bonds is 3. The molecule has 0 aromatic carbocycles. The number of nitrogens with one attached hydrogen (secondary N) is 1. The van der Waals surface area contributed by atoms with Crippen LogP contribution in [0.4, 0.5) is 0 Å². The lowest BCUT2D eigenvalue weighted by Gasteiger charge is -2.31. The summed E-state index contributed by atoms with van der Waals surface area (Å²) in [5.41, 5.74) is 2.68. The molecular weight excluding hydrogens is 116 g/mol. The highest BCUT2D eigenvalue weighted by atomic mass is 16.1. The molecule has 0 aliphatic heterocycles. The fourth-order valence-electron chi connectivity index (χ4n) is 0.285. The van der Waals surface area contributed by atoms with Crippen LogP contribution in [0.3, 0.4) is 0 Å². The number of nitrogens with zero attached hydrogens (tertiary/aromatic N) is 1. The summed E-state index contributed by atoms with van der Waals surface area (Å²) in [6.45, 7) is 4.10. The molecule has 3 nitrogen and oxygen atoms in total. The molecule has 0 heterocycles. The maximum atomic E-state index is 10.00. The molecule has 0 bridgehead atoms. The first-order chi connectivity index (χ1) is 4.00. The Morgan fingerprint density at radius 1 is 1.44 bits per heavy atom. The normalized spacial score (nSPS) is 11.7. The Bertz CT molecular complexity index is 99.2. The number of carbonyl (C=O) groups is 1. The lowest BCUT2D eigenvalue weighted by atomic mass is 10.3. The van der Waals surface area contributed by atoms with E-state index in [-0.39, 0.29) is 0 Å². The summed E-state index contributed by atoms with van der Waals surface area (Å²) in [5.74, 6) is 0. The van der Waals surface area contributed by atoms with E-state index in [1.807, 2.05) is 14.1 Å². The van der Waals surface area contributed by atoms with E-state index < -0.39 is 0 Å². The standard InChI is InChI=1S/C6H14N2O/c1-6(2)8(3,4)7-5-9/h5-6H,1-4H3/p+1. The third-order valence-corrected chi connectivity index (χ3v) is 1.68. The first-order valence-electron chi connectivity index (χ1n) is 3.06. The largest absolute Gasteiger partial charge is 0.274 e. The summed E-state index contributed by atoms with van der Waals surface area (Å²) in [5, 5.41) is 0. The van der Waals surface area contributed by atoms with Gasteiger partial charge in [0.1, 0.15) is 6.04 Å². The third-order valence-electron chi connectivity index (χ3n) is 1.68. The van der Waals surface area contributed by atoms with Crippen molar-refractivity contribution in [2.45, 2.75) is 19.9 Å². The van der Waals surface area contributed by atoms with E-state index >= 15 is 0 Å². The van der Waals surface area contributed by atoms with Crippen molar-refractivity contribution in [3.63, 3.8) is 0 Å². The summed E-state index contributed by atoms with van der Waals surface area (Å²) in [4.78, 5) is 10.00. The minimum atomic E-state index is 0.412. The SMILES string of the molecule is CC(C)[N+](C)(C)NC=O. The van der Waals surface area contributed by atoms with Gasteiger partial charge in [0.15, 0.2) is 0 Å². The minimum Gasteiger partial charge on any atom is -0.274 e. The van der Waals surface area contributed by atoms with Crippen molar-refractivity contribution in [1.29, 1.82) is 0 Å². The Morgan fingerprint density at radius 2 is 1.89 bits per heavy atom. The van der Waals surface area contributed by atoms with Crippen molar-refractivity contribution in [2.75, 3.05) is 14.1 Å². The molecule has 0 radical (unpaired) electrons. The molecule has 0 aliphatic rings. The Labute approximate surface area is 56.2 Å². The number of amides is 1. The zero-order valence-corrected chi connectivity index (χ0v) is 6.51. The molecule has 1 N–H and O–H groups in total. The molecular formula is C6H15N2O+. The van der Waals surface area contributed by atoms with Crippen molar-refractivity contribution in [3.8, 4) is 0 Å². The van der Waals surface area contributed by atoms with E-state index in [1.54, 1.807) is 0 Å². The summed E-state index contributed by atoms with van der Waals surface area (Å²) in [6, 6.07) is 0.412. The zero-order valence-electron chi connectivity index (χ0n) is 6.51. The molecule has 0 rings (SSSR count). The van der Waals surface area contributed by atoms with Crippen LogP contribution in [-0.2, 0) is 4.79 Å². The van der Waals surface area contributed by atoms with Crippen molar-refractivity contribution in [2.24, 2.45) is 0 Å². The van der Waals surface area contributed by atoms with Gasteiger partial charge in [-0.2, -0.15) is 0 Å². The van der Waals surface area contributed by atoms with Gasteiger partial charge >= 0.3 is 0 Å². The van der Waals surface area contributed by atoms with Gasteiger partial charge in [0, 0.05) is 0 Å². The molecule has 3 heteroatoms. The molecule has 0 aliphatic carbocycles. The van der Waals surface area contributed by atoms with Crippen LogP contribution in [0.2, 0.25) is 0 Å². The van der Waals surface area contributed by atoms with E-state index in [0.29, 0.717) is 10.6 Å². The second kappa shape index (κ2) is 2.82. The Balaban J connectivity index is 3.84. The van der Waals surface area contributed by atoms with Crippen LogP contribution < -0.4 is 5.43 Å². The minimum absolute atomic E-state index is 0.412. The number of hydrogen-bond acceptors (Lipinski definition) is 1. The van der Waals surface area contributed by atoms with E-state index in [1.165, 1.54) is 0 Å². The molecule has 0 saturated heterocycles. The quantitative estimate of drug-likeness (QED) is 0.329. The van der Waals surface area contributed by atoms with Gasteiger partial charge in [-0.3, -0.25) is 4.79 Å². The molecule has 0 fully saturated rings. The van der Waals surface area contributed by atoms with Crippen molar-refractivity contribution >= 4 is 6.41 Å². The van der Waals surface area contributed by atoms with Crippen LogP contribution in [-0.4, -0.2) is 31.1 Å². The average Bonchev–Trinajstić information content (AvgIpc) is 1.65. The van der Waals surface area contributed by atoms with Crippen LogP contribution in [0.1, 0.15) is 13.8 Å². The van der Waals surface area contributed by atoms with Gasteiger partial charge in [-0.15, -0.1) is 0 Å². The van der Waals surface area contributed by atoms with E-state index in [2.05, 4.69) is 19.3 Å². The van der Waals surface area contributed by atoms with E-state index in [9.17, 15) is 4.79 Å². The second-order valence-corrected chi connectivity index (χ2v) is 2.88. The van der Waals surface area contributed by atoms with Gasteiger partial charge in [-0.25, -0.2) is 10.0 Å². The maximum absolute atomic E-state index is 10.00. The summed E-state index contributed by atoms with van der Waals surface area (Å²) in [7, 11) is 3.89. The number of carbonyl (C=O) groups excluding carboxylic acids is 1. The second-order valence-electron chi connectivity index (χ2n) is 2.88. The first kappa shape index (κ1) is 8.43. The lowest BCUT2D eigenvalue weighted by molar-refractivity contribution is -0.944. The summed E-state index contributed by atoms with van der Waals surface area (Å²) < 4.78 is 0.531. The smallest absolute Gasteiger partial charge is 0.252 e. The molecule has 54 valence electrons. The van der Waals surface area contributed by atoms with Crippen LogP contribution in [0.25, 0.3) is 0 Å². The predicted octanol–water partition coefficient (Wildman–Crippen LogP) is 0.132. The van der Waals surface area contributed by atoms with Crippen LogP contribution in [0.5, 0.6) is 0 Å². The Morgan fingerprint density at radius 3 is 2.00 bits per heavy atom. The first-order valence-corrected chi connectivity index (χ1v) is 3.06. The highest BCUT2D eigenvalue weighted by Gasteiger charge is 2.17. The highest BCUT2D eigenvalue weighted by Crippen LogP contribution is 1.97. The van der Waals surface area contributed by atoms with Crippen LogP contribution in [0, 0.1) is 0 Å². The molecule has 0 atom stereocenters. The van der Waals surface area contributed by atoms with Gasteiger partial charge in [0.2, 0.25) is 0 Å². The Kier molecular flexibility index (Phi) is 2.65. The topological polar surface area (TPSA) is 29.1 Å². The summed E-state index contributed by atoms with van der Waals surface area (Å²) >= 11 is 0. The van der Waals surface area contributed by atoms with E-state index in [0.717, 1.165) is 6.41 Å². The van der Waals surface area contributed by atoms with Gasteiger partial charge in [0.25, 0.3) is 6.41 Å². The van der Waals surface area contributed by atoms with Crippen LogP contribution in [0.15, 0.2) is 0 Å². The van der Waals surface area contributed by atoms with Gasteiger partial charge in [-0.1, -0.05) is 0 Å². The molecule has 9 heavy (non-hydrogen) atoms. The van der Waals surface area contributed by atoms with E-state index in [4.69, 9.17) is 0 Å². The fourth-order valence-corrected chi connectivity index (χ4v) is 0.285. The molecule has 0 saturated carbocycles. The number of hydrogen-bond donors (Lipinski definition) is 1.